The van der Waals surface area contributed by atoms with Crippen LogP contribution in [-0.2, 0) is 17.6 Å². The van der Waals surface area contributed by atoms with Gasteiger partial charge in [-0.05, 0) is 61.4 Å². The summed E-state index contributed by atoms with van der Waals surface area (Å²) in [5, 5.41) is 3.09. The lowest BCUT2D eigenvalue weighted by Gasteiger charge is -2.22. The summed E-state index contributed by atoms with van der Waals surface area (Å²) in [5.41, 5.74) is 4.00. The van der Waals surface area contributed by atoms with Crippen molar-refractivity contribution in [3.63, 3.8) is 0 Å². The van der Waals surface area contributed by atoms with Crippen molar-refractivity contribution < 1.29 is 14.3 Å². The van der Waals surface area contributed by atoms with Crippen LogP contribution in [0.15, 0.2) is 42.5 Å². The van der Waals surface area contributed by atoms with Crippen molar-refractivity contribution in [2.75, 3.05) is 7.11 Å². The number of ether oxygens (including phenoxy) is 2. The van der Waals surface area contributed by atoms with Crippen molar-refractivity contribution in [3.05, 3.63) is 59.2 Å². The molecule has 1 amide bonds. The molecular weight excluding hydrogens is 326 g/mol. The third-order valence-corrected chi connectivity index (χ3v) is 4.98. The number of para-hydroxylation sites is 2. The molecule has 138 valence electrons. The molecule has 0 heterocycles. The number of fused-ring (bicyclic) bond motifs is 1. The van der Waals surface area contributed by atoms with Gasteiger partial charge in [0.15, 0.2) is 17.6 Å². The molecule has 26 heavy (non-hydrogen) atoms. The lowest BCUT2D eigenvalue weighted by atomic mass is 10.0. The monoisotopic (exact) mass is 353 g/mol. The first-order valence-corrected chi connectivity index (χ1v) is 9.34. The third kappa shape index (κ3) is 4.01. The molecule has 0 saturated heterocycles. The molecule has 0 radical (unpaired) electrons. The summed E-state index contributed by atoms with van der Waals surface area (Å²) in [7, 11) is 1.60. The number of hydrogen-bond acceptors (Lipinski definition) is 3. The Kier molecular flexibility index (Phi) is 5.82. The minimum Gasteiger partial charge on any atom is -0.493 e. The predicted molar refractivity (Wildman–Crippen MR) is 103 cm³/mol. The molecule has 2 aromatic rings. The smallest absolute Gasteiger partial charge is 0.261 e. The second-order valence-corrected chi connectivity index (χ2v) is 6.78. The van der Waals surface area contributed by atoms with Gasteiger partial charge in [-0.25, -0.2) is 0 Å². The lowest BCUT2D eigenvalue weighted by molar-refractivity contribution is -0.128. The van der Waals surface area contributed by atoms with Gasteiger partial charge in [0.1, 0.15) is 0 Å². The molecule has 0 saturated carbocycles. The van der Waals surface area contributed by atoms with Crippen LogP contribution in [0.4, 0.5) is 0 Å². The minimum atomic E-state index is -0.553. The van der Waals surface area contributed by atoms with Crippen LogP contribution in [0, 0.1) is 0 Å². The maximum atomic E-state index is 12.7. The van der Waals surface area contributed by atoms with Gasteiger partial charge in [0.05, 0.1) is 13.2 Å². The quantitative estimate of drug-likeness (QED) is 0.811. The third-order valence-electron chi connectivity index (χ3n) is 4.98. The van der Waals surface area contributed by atoms with E-state index in [1.54, 1.807) is 7.11 Å². The van der Waals surface area contributed by atoms with Crippen molar-refractivity contribution >= 4 is 5.91 Å². The van der Waals surface area contributed by atoms with Gasteiger partial charge in [-0.2, -0.15) is 0 Å². The standard InChI is InChI=1S/C22H27NO3/c1-4-19(26-21-11-6-5-10-20(21)25-3)22(24)23-15(2)17-13-12-16-8-7-9-18(16)14-17/h5-6,10-15,19H,4,7-9H2,1-3H3,(H,23,24)/t15-,19-/m0/s1. The second kappa shape index (κ2) is 8.26. The molecule has 1 N–H and O–H groups in total. The first-order chi connectivity index (χ1) is 12.6. The highest BCUT2D eigenvalue weighted by Crippen LogP contribution is 2.28. The topological polar surface area (TPSA) is 47.6 Å². The molecule has 0 spiro atoms. The summed E-state index contributed by atoms with van der Waals surface area (Å²) in [6.07, 6.45) is 3.56. The Balaban J connectivity index is 1.67. The number of aryl methyl sites for hydroxylation is 2. The summed E-state index contributed by atoms with van der Waals surface area (Å²) in [5.74, 6) is 1.11. The zero-order chi connectivity index (χ0) is 18.5. The van der Waals surface area contributed by atoms with Crippen LogP contribution < -0.4 is 14.8 Å². The van der Waals surface area contributed by atoms with Crippen molar-refractivity contribution in [2.45, 2.75) is 51.7 Å². The number of amides is 1. The average Bonchev–Trinajstić information content (AvgIpc) is 3.13. The van der Waals surface area contributed by atoms with Gasteiger partial charge in [-0.1, -0.05) is 37.3 Å². The van der Waals surface area contributed by atoms with Gasteiger partial charge >= 0.3 is 0 Å². The molecule has 0 fully saturated rings. The largest absolute Gasteiger partial charge is 0.493 e. The summed E-state index contributed by atoms with van der Waals surface area (Å²) < 4.78 is 11.2. The summed E-state index contributed by atoms with van der Waals surface area (Å²) in [6, 6.07) is 13.9. The predicted octanol–water partition coefficient (Wildman–Crippen LogP) is 4.22. The van der Waals surface area contributed by atoms with E-state index in [4.69, 9.17) is 9.47 Å². The zero-order valence-electron chi connectivity index (χ0n) is 15.7. The van der Waals surface area contributed by atoms with Crippen LogP contribution in [0.1, 0.15) is 49.4 Å². The van der Waals surface area contributed by atoms with Crippen LogP contribution in [0.5, 0.6) is 11.5 Å². The van der Waals surface area contributed by atoms with E-state index < -0.39 is 6.10 Å². The van der Waals surface area contributed by atoms with Crippen LogP contribution in [0.25, 0.3) is 0 Å². The summed E-state index contributed by atoms with van der Waals surface area (Å²) >= 11 is 0. The number of hydrogen-bond donors (Lipinski definition) is 1. The highest BCUT2D eigenvalue weighted by Gasteiger charge is 2.22. The highest BCUT2D eigenvalue weighted by molar-refractivity contribution is 5.81. The van der Waals surface area contributed by atoms with E-state index in [1.165, 1.54) is 24.0 Å². The molecule has 1 aliphatic carbocycles. The van der Waals surface area contributed by atoms with Crippen molar-refractivity contribution in [1.82, 2.24) is 5.32 Å². The fraction of sp³-hybridized carbons (Fsp3) is 0.409. The second-order valence-electron chi connectivity index (χ2n) is 6.78. The molecule has 0 unspecified atom stereocenters. The van der Waals surface area contributed by atoms with Gasteiger partial charge in [0.25, 0.3) is 5.91 Å². The van der Waals surface area contributed by atoms with Crippen LogP contribution in [-0.4, -0.2) is 19.1 Å². The first kappa shape index (κ1) is 18.3. The number of rotatable bonds is 7. The van der Waals surface area contributed by atoms with Crippen molar-refractivity contribution in [2.24, 2.45) is 0 Å². The Morgan fingerprint density at radius 1 is 1.12 bits per heavy atom. The number of carbonyl (C=O) groups excluding carboxylic acids is 1. The van der Waals surface area contributed by atoms with Gasteiger partial charge in [0, 0.05) is 0 Å². The number of benzene rings is 2. The van der Waals surface area contributed by atoms with Gasteiger partial charge < -0.3 is 14.8 Å². The SMILES string of the molecule is CC[C@H](Oc1ccccc1OC)C(=O)N[C@@H](C)c1ccc2c(c1)CCC2. The van der Waals surface area contributed by atoms with Crippen molar-refractivity contribution in [3.8, 4) is 11.5 Å². The molecule has 2 atom stereocenters. The molecule has 3 rings (SSSR count). The number of nitrogens with one attached hydrogen (secondary N) is 1. The van der Waals surface area contributed by atoms with E-state index in [0.717, 1.165) is 12.0 Å². The van der Waals surface area contributed by atoms with Gasteiger partial charge in [0.2, 0.25) is 0 Å². The molecule has 0 bridgehead atoms. The van der Waals surface area contributed by atoms with E-state index in [1.807, 2.05) is 38.1 Å². The molecule has 4 nitrogen and oxygen atoms in total. The number of methoxy groups -OCH3 is 1. The summed E-state index contributed by atoms with van der Waals surface area (Å²) in [6.45, 7) is 3.96. The van der Waals surface area contributed by atoms with Crippen molar-refractivity contribution in [1.29, 1.82) is 0 Å². The minimum absolute atomic E-state index is 0.0521. The van der Waals surface area contributed by atoms with Gasteiger partial charge in [-0.3, -0.25) is 4.79 Å². The van der Waals surface area contributed by atoms with E-state index >= 15 is 0 Å². The molecule has 4 heteroatoms. The first-order valence-electron chi connectivity index (χ1n) is 9.34. The van der Waals surface area contributed by atoms with Crippen LogP contribution >= 0.6 is 0 Å². The summed E-state index contributed by atoms with van der Waals surface area (Å²) in [4.78, 5) is 12.7. The fourth-order valence-corrected chi connectivity index (χ4v) is 3.44. The molecule has 0 aliphatic heterocycles. The molecule has 0 aromatic heterocycles. The molecule has 1 aliphatic rings. The van der Waals surface area contributed by atoms with E-state index in [-0.39, 0.29) is 11.9 Å². The Bertz CT molecular complexity index is 772. The van der Waals surface area contributed by atoms with Crippen LogP contribution in [0.2, 0.25) is 0 Å². The Labute approximate surface area is 155 Å². The highest BCUT2D eigenvalue weighted by atomic mass is 16.5. The Morgan fingerprint density at radius 3 is 2.58 bits per heavy atom. The normalized spacial score (nSPS) is 15.0. The lowest BCUT2D eigenvalue weighted by Crippen LogP contribution is -2.39. The van der Waals surface area contributed by atoms with E-state index in [2.05, 4.69) is 23.5 Å². The van der Waals surface area contributed by atoms with Crippen LogP contribution in [0.3, 0.4) is 0 Å². The van der Waals surface area contributed by atoms with Gasteiger partial charge in [-0.15, -0.1) is 0 Å². The fourth-order valence-electron chi connectivity index (χ4n) is 3.44. The Hall–Kier alpha value is -2.49. The zero-order valence-corrected chi connectivity index (χ0v) is 15.7. The van der Waals surface area contributed by atoms with E-state index in [0.29, 0.717) is 17.9 Å². The maximum absolute atomic E-state index is 12.7. The average molecular weight is 353 g/mol. The maximum Gasteiger partial charge on any atom is 0.261 e. The molecule has 2 aromatic carbocycles. The Morgan fingerprint density at radius 2 is 1.85 bits per heavy atom. The number of carbonyl (C=O) groups is 1. The molecular formula is C22H27NO3. The van der Waals surface area contributed by atoms with E-state index in [9.17, 15) is 4.79 Å².